The molecule has 0 aliphatic heterocycles. The minimum absolute atomic E-state index is 0.828. The molecule has 1 saturated carbocycles. The van der Waals surface area contributed by atoms with Gasteiger partial charge in [-0.2, -0.15) is 0 Å². The van der Waals surface area contributed by atoms with E-state index in [0.29, 0.717) is 0 Å². The summed E-state index contributed by atoms with van der Waals surface area (Å²) < 4.78 is 6.11. The second-order valence-corrected chi connectivity index (χ2v) is 10.1. The fourth-order valence-electron chi connectivity index (χ4n) is 5.50. The lowest BCUT2D eigenvalue weighted by Gasteiger charge is -2.33. The molecule has 0 N–H and O–H groups in total. The number of aryl methyl sites for hydroxylation is 3. The van der Waals surface area contributed by atoms with Crippen LogP contribution in [0.5, 0.6) is 5.75 Å². The second-order valence-electron chi connectivity index (χ2n) is 10.1. The highest BCUT2D eigenvalue weighted by molar-refractivity contribution is 5.73. The summed E-state index contributed by atoms with van der Waals surface area (Å²) >= 11 is 0. The Labute approximate surface area is 212 Å². The molecule has 3 heteroatoms. The van der Waals surface area contributed by atoms with Gasteiger partial charge in [-0.1, -0.05) is 68.8 Å². The maximum Gasteiger partial charge on any atom is 0.130 e. The zero-order valence-corrected chi connectivity index (χ0v) is 22.4. The lowest BCUT2D eigenvalue weighted by atomic mass is 9.85. The van der Waals surface area contributed by atoms with Crippen LogP contribution in [0.2, 0.25) is 0 Å². The molecule has 1 heterocycles. The minimum atomic E-state index is 0.828. The lowest BCUT2D eigenvalue weighted by Crippen LogP contribution is -2.34. The van der Waals surface area contributed by atoms with E-state index in [-0.39, 0.29) is 0 Å². The first kappa shape index (κ1) is 25.4. The van der Waals surface area contributed by atoms with Crippen LogP contribution < -0.4 is 4.74 Å². The molecular weight excluding hydrogens is 428 g/mol. The normalized spacial score (nSPS) is 13.8. The molecule has 0 bridgehead atoms. The molecule has 0 atom stereocenters. The van der Waals surface area contributed by atoms with E-state index in [1.54, 1.807) is 0 Å². The number of benzene rings is 2. The topological polar surface area (TPSA) is 25.4 Å². The van der Waals surface area contributed by atoms with E-state index >= 15 is 0 Å². The Morgan fingerprint density at radius 2 is 1.63 bits per heavy atom. The summed E-state index contributed by atoms with van der Waals surface area (Å²) in [5, 5.41) is 0. The fraction of sp³-hybridized carbons (Fsp3) is 0.469. The van der Waals surface area contributed by atoms with Crippen LogP contribution in [0, 0.1) is 19.8 Å². The van der Waals surface area contributed by atoms with E-state index in [9.17, 15) is 0 Å². The van der Waals surface area contributed by atoms with Crippen molar-refractivity contribution in [2.45, 2.75) is 72.8 Å². The van der Waals surface area contributed by atoms with Gasteiger partial charge in [0.2, 0.25) is 0 Å². The smallest absolute Gasteiger partial charge is 0.130 e. The first-order valence-electron chi connectivity index (χ1n) is 13.5. The zero-order chi connectivity index (χ0) is 24.8. The largest absolute Gasteiger partial charge is 0.496 e. The molecule has 2 aromatic carbocycles. The third-order valence-corrected chi connectivity index (χ3v) is 7.81. The molecule has 4 rings (SSSR count). The van der Waals surface area contributed by atoms with Crippen molar-refractivity contribution in [1.82, 2.24) is 9.88 Å². The van der Waals surface area contributed by atoms with Crippen LogP contribution in [0.15, 0.2) is 48.5 Å². The Kier molecular flexibility index (Phi) is 8.62. The molecule has 35 heavy (non-hydrogen) atoms. The monoisotopic (exact) mass is 470 g/mol. The summed E-state index contributed by atoms with van der Waals surface area (Å²) in [5.41, 5.74) is 10.0. The molecule has 1 aromatic heterocycles. The SMILES string of the molecule is CCc1cccc(CC)c1-c1nc(C)c(CN(CCc2ccccc2)CC2CCC2)c(OC)c1C. The van der Waals surface area contributed by atoms with Gasteiger partial charge in [-0.3, -0.25) is 9.88 Å². The number of hydrogen-bond acceptors (Lipinski definition) is 3. The fourth-order valence-corrected chi connectivity index (χ4v) is 5.50. The maximum atomic E-state index is 6.11. The van der Waals surface area contributed by atoms with Gasteiger partial charge in [0.15, 0.2) is 0 Å². The highest BCUT2D eigenvalue weighted by atomic mass is 16.5. The summed E-state index contributed by atoms with van der Waals surface area (Å²) in [6.07, 6.45) is 7.18. The van der Waals surface area contributed by atoms with Crippen molar-refractivity contribution in [2.24, 2.45) is 5.92 Å². The van der Waals surface area contributed by atoms with E-state index in [1.807, 2.05) is 7.11 Å². The Morgan fingerprint density at radius 1 is 0.943 bits per heavy atom. The second kappa shape index (κ2) is 11.9. The first-order chi connectivity index (χ1) is 17.0. The number of rotatable bonds is 11. The van der Waals surface area contributed by atoms with Crippen LogP contribution in [0.3, 0.4) is 0 Å². The van der Waals surface area contributed by atoms with Crippen molar-refractivity contribution < 1.29 is 4.74 Å². The average molecular weight is 471 g/mol. The molecule has 3 aromatic rings. The number of pyridine rings is 1. The Balaban J connectivity index is 1.67. The Hall–Kier alpha value is -2.65. The van der Waals surface area contributed by atoms with E-state index in [1.165, 1.54) is 47.1 Å². The molecule has 0 radical (unpaired) electrons. The maximum absolute atomic E-state index is 6.11. The van der Waals surface area contributed by atoms with Crippen LogP contribution >= 0.6 is 0 Å². The number of methoxy groups -OCH3 is 1. The molecule has 0 amide bonds. The molecule has 1 aliphatic carbocycles. The predicted octanol–water partition coefficient (Wildman–Crippen LogP) is 7.34. The molecular formula is C32H42N2O. The van der Waals surface area contributed by atoms with Crippen LogP contribution in [0.1, 0.15) is 66.6 Å². The number of hydrogen-bond donors (Lipinski definition) is 0. The average Bonchev–Trinajstić information content (AvgIpc) is 2.86. The van der Waals surface area contributed by atoms with Gasteiger partial charge in [0.1, 0.15) is 5.75 Å². The van der Waals surface area contributed by atoms with Crippen molar-refractivity contribution in [3.63, 3.8) is 0 Å². The van der Waals surface area contributed by atoms with Gasteiger partial charge in [-0.25, -0.2) is 0 Å². The Bertz CT molecular complexity index is 1100. The highest BCUT2D eigenvalue weighted by Crippen LogP contribution is 2.38. The van der Waals surface area contributed by atoms with Crippen molar-refractivity contribution >= 4 is 0 Å². The third kappa shape index (κ3) is 5.78. The van der Waals surface area contributed by atoms with Crippen LogP contribution in [-0.2, 0) is 25.8 Å². The van der Waals surface area contributed by atoms with Crippen LogP contribution in [-0.4, -0.2) is 30.1 Å². The number of ether oxygens (including phenoxy) is 1. The van der Waals surface area contributed by atoms with E-state index in [0.717, 1.165) is 67.5 Å². The van der Waals surface area contributed by atoms with Gasteiger partial charge in [-0.15, -0.1) is 0 Å². The Morgan fingerprint density at radius 3 is 2.20 bits per heavy atom. The van der Waals surface area contributed by atoms with Crippen LogP contribution in [0.4, 0.5) is 0 Å². The van der Waals surface area contributed by atoms with E-state index in [4.69, 9.17) is 9.72 Å². The summed E-state index contributed by atoms with van der Waals surface area (Å²) in [6.45, 7) is 11.9. The van der Waals surface area contributed by atoms with Gasteiger partial charge in [0, 0.05) is 42.0 Å². The molecule has 0 spiro atoms. The van der Waals surface area contributed by atoms with Gasteiger partial charge < -0.3 is 4.74 Å². The van der Waals surface area contributed by atoms with Crippen molar-refractivity contribution in [1.29, 1.82) is 0 Å². The summed E-state index contributed by atoms with van der Waals surface area (Å²) in [6, 6.07) is 17.5. The van der Waals surface area contributed by atoms with E-state index < -0.39 is 0 Å². The molecule has 186 valence electrons. The standard InChI is InChI=1S/C32H42N2O/c1-6-27-17-12-18-28(7-2)30(27)31-23(3)32(35-5)29(24(4)33-31)22-34(21-26-15-11-16-26)20-19-25-13-9-8-10-14-25/h8-10,12-14,17-18,26H,6-7,11,15-16,19-22H2,1-5H3. The first-order valence-corrected chi connectivity index (χ1v) is 13.5. The highest BCUT2D eigenvalue weighted by Gasteiger charge is 2.25. The summed E-state index contributed by atoms with van der Waals surface area (Å²) in [4.78, 5) is 7.89. The van der Waals surface area contributed by atoms with Gasteiger partial charge in [-0.05, 0) is 68.6 Å². The third-order valence-electron chi connectivity index (χ3n) is 7.81. The molecule has 1 fully saturated rings. The lowest BCUT2D eigenvalue weighted by molar-refractivity contribution is 0.171. The van der Waals surface area contributed by atoms with Crippen molar-refractivity contribution in [3.8, 4) is 17.0 Å². The van der Waals surface area contributed by atoms with E-state index in [2.05, 4.69) is 81.1 Å². The molecule has 3 nitrogen and oxygen atoms in total. The number of aromatic nitrogens is 1. The minimum Gasteiger partial charge on any atom is -0.496 e. The van der Waals surface area contributed by atoms with Crippen molar-refractivity contribution in [2.75, 3.05) is 20.2 Å². The van der Waals surface area contributed by atoms with Gasteiger partial charge >= 0.3 is 0 Å². The van der Waals surface area contributed by atoms with Gasteiger partial charge in [0.05, 0.1) is 12.8 Å². The summed E-state index contributed by atoms with van der Waals surface area (Å²) in [7, 11) is 1.82. The molecule has 1 aliphatic rings. The van der Waals surface area contributed by atoms with Crippen LogP contribution in [0.25, 0.3) is 11.3 Å². The van der Waals surface area contributed by atoms with Gasteiger partial charge in [0.25, 0.3) is 0 Å². The zero-order valence-electron chi connectivity index (χ0n) is 22.4. The number of nitrogens with zero attached hydrogens (tertiary/aromatic N) is 2. The summed E-state index contributed by atoms with van der Waals surface area (Å²) in [5.74, 6) is 1.84. The molecule has 0 unspecified atom stereocenters. The predicted molar refractivity (Wildman–Crippen MR) is 147 cm³/mol. The van der Waals surface area contributed by atoms with Crippen molar-refractivity contribution in [3.05, 3.63) is 82.0 Å². The quantitative estimate of drug-likeness (QED) is 0.293. The molecule has 0 saturated heterocycles.